The summed E-state index contributed by atoms with van der Waals surface area (Å²) in [5, 5.41) is 14.3. The fraction of sp³-hybridized carbons (Fsp3) is 0.240. The van der Waals surface area contributed by atoms with Crippen molar-refractivity contribution in [3.8, 4) is 11.5 Å². The minimum Gasteiger partial charge on any atom is -0.495 e. The fourth-order valence-corrected chi connectivity index (χ4v) is 5.06. The van der Waals surface area contributed by atoms with Crippen LogP contribution in [-0.4, -0.2) is 39.0 Å². The van der Waals surface area contributed by atoms with Gasteiger partial charge in [0.15, 0.2) is 0 Å². The van der Waals surface area contributed by atoms with Gasteiger partial charge in [0.25, 0.3) is 15.7 Å². The summed E-state index contributed by atoms with van der Waals surface area (Å²) in [6.07, 6.45) is -0.0236. The summed E-state index contributed by atoms with van der Waals surface area (Å²) in [5.74, 6) is 0.0872. The first-order valence-corrected chi connectivity index (χ1v) is 12.9. The number of ether oxygens (including phenoxy) is 2. The smallest absolute Gasteiger partial charge is 0.273 e. The molecule has 196 valence electrons. The number of anilines is 2. The Morgan fingerprint density at radius 1 is 1.11 bits per heavy atom. The fourth-order valence-electron chi connectivity index (χ4n) is 3.45. The summed E-state index contributed by atoms with van der Waals surface area (Å²) >= 11 is 6.14. The largest absolute Gasteiger partial charge is 0.495 e. The summed E-state index contributed by atoms with van der Waals surface area (Å²) in [7, 11) is -3.13. The van der Waals surface area contributed by atoms with Crippen molar-refractivity contribution < 1.29 is 27.6 Å². The van der Waals surface area contributed by atoms with Gasteiger partial charge in [-0.3, -0.25) is 19.2 Å². The van der Waals surface area contributed by atoms with Crippen LogP contribution in [0.15, 0.2) is 65.6 Å². The number of hydrogen-bond donors (Lipinski definition) is 1. The van der Waals surface area contributed by atoms with Gasteiger partial charge in [-0.2, -0.15) is 0 Å². The van der Waals surface area contributed by atoms with Crippen molar-refractivity contribution in [3.05, 3.63) is 81.4 Å². The second kappa shape index (κ2) is 11.5. The van der Waals surface area contributed by atoms with Gasteiger partial charge < -0.3 is 14.8 Å². The number of carbonyl (C=O) groups excluding carboxylic acids is 1. The van der Waals surface area contributed by atoms with Crippen LogP contribution in [0.1, 0.15) is 19.4 Å². The Kier molecular flexibility index (Phi) is 8.61. The molecule has 0 atom stereocenters. The zero-order valence-corrected chi connectivity index (χ0v) is 22.2. The highest BCUT2D eigenvalue weighted by Gasteiger charge is 2.31. The quantitative estimate of drug-likeness (QED) is 0.273. The lowest BCUT2D eigenvalue weighted by molar-refractivity contribution is -0.385. The Hall–Kier alpha value is -3.83. The van der Waals surface area contributed by atoms with Crippen molar-refractivity contribution in [2.45, 2.75) is 31.8 Å². The van der Waals surface area contributed by atoms with Gasteiger partial charge in [0.2, 0.25) is 5.91 Å². The van der Waals surface area contributed by atoms with Crippen LogP contribution in [0.2, 0.25) is 5.02 Å². The van der Waals surface area contributed by atoms with Gasteiger partial charge in [0.05, 0.1) is 28.7 Å². The first-order valence-electron chi connectivity index (χ1n) is 11.1. The van der Waals surface area contributed by atoms with Gasteiger partial charge in [-0.1, -0.05) is 17.7 Å². The number of carbonyl (C=O) groups is 1. The second-order valence-corrected chi connectivity index (χ2v) is 10.6. The summed E-state index contributed by atoms with van der Waals surface area (Å²) in [4.78, 5) is 23.4. The minimum atomic E-state index is -4.47. The van der Waals surface area contributed by atoms with Crippen molar-refractivity contribution in [1.29, 1.82) is 0 Å². The standard InChI is InChI=1S/C25H26ClN3O7S/c1-16(2)36-20-9-7-19(8-10-20)27-25(30)15-28(23-13-18(26)6-12-24(23)35-4)37(33,34)21-11-5-17(3)22(14-21)29(31)32/h5-14,16H,15H2,1-4H3,(H,27,30). The number of nitro groups is 1. The van der Waals surface area contributed by atoms with Crippen molar-refractivity contribution in [1.82, 2.24) is 0 Å². The summed E-state index contributed by atoms with van der Waals surface area (Å²) in [6, 6.07) is 14.4. The van der Waals surface area contributed by atoms with Gasteiger partial charge in [-0.25, -0.2) is 8.42 Å². The molecule has 0 aliphatic rings. The molecule has 0 aliphatic carbocycles. The normalized spacial score (nSPS) is 11.2. The number of halogens is 1. The van der Waals surface area contributed by atoms with Gasteiger partial charge in [-0.05, 0) is 69.3 Å². The van der Waals surface area contributed by atoms with E-state index < -0.39 is 27.4 Å². The Labute approximate surface area is 220 Å². The highest BCUT2D eigenvalue weighted by Crippen LogP contribution is 2.36. The van der Waals surface area contributed by atoms with Gasteiger partial charge in [0.1, 0.15) is 18.0 Å². The van der Waals surface area contributed by atoms with E-state index in [-0.39, 0.29) is 33.1 Å². The number of hydrogen-bond acceptors (Lipinski definition) is 7. The van der Waals surface area contributed by atoms with Gasteiger partial charge in [-0.15, -0.1) is 0 Å². The van der Waals surface area contributed by atoms with Crippen LogP contribution < -0.4 is 19.1 Å². The Morgan fingerprint density at radius 3 is 2.38 bits per heavy atom. The average molecular weight is 548 g/mol. The van der Waals surface area contributed by atoms with E-state index in [1.54, 1.807) is 24.3 Å². The zero-order valence-electron chi connectivity index (χ0n) is 20.6. The Balaban J connectivity index is 2.01. The summed E-state index contributed by atoms with van der Waals surface area (Å²) < 4.78 is 39.2. The molecule has 12 heteroatoms. The first-order chi connectivity index (χ1) is 17.4. The van der Waals surface area contributed by atoms with Gasteiger partial charge in [0, 0.05) is 22.3 Å². The molecular weight excluding hydrogens is 522 g/mol. The third kappa shape index (κ3) is 6.69. The molecule has 3 aromatic rings. The molecule has 0 heterocycles. The number of methoxy groups -OCH3 is 1. The van der Waals surface area contributed by atoms with Crippen molar-refractivity contribution >= 4 is 44.6 Å². The maximum absolute atomic E-state index is 13.7. The maximum Gasteiger partial charge on any atom is 0.273 e. The van der Waals surface area contributed by atoms with Gasteiger partial charge >= 0.3 is 0 Å². The maximum atomic E-state index is 13.7. The first kappa shape index (κ1) is 27.8. The van der Waals surface area contributed by atoms with Crippen LogP contribution in [0.25, 0.3) is 0 Å². The lowest BCUT2D eigenvalue weighted by atomic mass is 10.2. The molecule has 0 unspecified atom stereocenters. The number of nitrogens with zero attached hydrogens (tertiary/aromatic N) is 2. The third-order valence-corrected chi connectivity index (χ3v) is 7.16. The van der Waals surface area contributed by atoms with Crippen LogP contribution in [0.4, 0.5) is 17.1 Å². The molecule has 37 heavy (non-hydrogen) atoms. The van der Waals surface area contributed by atoms with Crippen LogP contribution >= 0.6 is 11.6 Å². The molecule has 0 saturated heterocycles. The van der Waals surface area contributed by atoms with E-state index >= 15 is 0 Å². The van der Waals surface area contributed by atoms with Crippen LogP contribution in [0.3, 0.4) is 0 Å². The number of sulfonamides is 1. The molecule has 3 rings (SSSR count). The molecule has 0 saturated carbocycles. The SMILES string of the molecule is COc1ccc(Cl)cc1N(CC(=O)Nc1ccc(OC(C)C)cc1)S(=O)(=O)c1ccc(C)c([N+](=O)[O-])c1. The molecule has 0 fully saturated rings. The zero-order chi connectivity index (χ0) is 27.3. The molecule has 0 aromatic heterocycles. The number of amides is 1. The molecular formula is C25H26ClN3O7S. The Bertz CT molecular complexity index is 1410. The molecule has 3 aromatic carbocycles. The van der Waals surface area contributed by atoms with Crippen LogP contribution in [0.5, 0.6) is 11.5 Å². The topological polar surface area (TPSA) is 128 Å². The lowest BCUT2D eigenvalue weighted by Crippen LogP contribution is -2.38. The van der Waals surface area contributed by atoms with E-state index in [1.165, 1.54) is 44.4 Å². The van der Waals surface area contributed by atoms with E-state index in [1.807, 2.05) is 13.8 Å². The molecule has 0 bridgehead atoms. The lowest BCUT2D eigenvalue weighted by Gasteiger charge is -2.26. The average Bonchev–Trinajstić information content (AvgIpc) is 2.83. The number of rotatable bonds is 10. The molecule has 1 amide bonds. The predicted molar refractivity (Wildman–Crippen MR) is 141 cm³/mol. The van der Waals surface area contributed by atoms with E-state index in [0.29, 0.717) is 17.0 Å². The third-order valence-electron chi connectivity index (χ3n) is 5.17. The molecule has 0 radical (unpaired) electrons. The summed E-state index contributed by atoms with van der Waals surface area (Å²) in [5.41, 5.74) is 0.335. The number of aryl methyl sites for hydroxylation is 1. The van der Waals surface area contributed by atoms with Crippen LogP contribution in [-0.2, 0) is 14.8 Å². The van der Waals surface area contributed by atoms with E-state index in [4.69, 9.17) is 21.1 Å². The van der Waals surface area contributed by atoms with Crippen molar-refractivity contribution in [2.24, 2.45) is 0 Å². The number of nitrogens with one attached hydrogen (secondary N) is 1. The molecule has 1 N–H and O–H groups in total. The molecule has 0 spiro atoms. The van der Waals surface area contributed by atoms with Crippen molar-refractivity contribution in [2.75, 3.05) is 23.3 Å². The highest BCUT2D eigenvalue weighted by molar-refractivity contribution is 7.92. The summed E-state index contributed by atoms with van der Waals surface area (Å²) in [6.45, 7) is 4.61. The van der Waals surface area contributed by atoms with E-state index in [2.05, 4.69) is 5.32 Å². The Morgan fingerprint density at radius 2 is 1.78 bits per heavy atom. The second-order valence-electron chi connectivity index (χ2n) is 8.27. The monoisotopic (exact) mass is 547 g/mol. The van der Waals surface area contributed by atoms with Crippen LogP contribution in [0, 0.1) is 17.0 Å². The van der Waals surface area contributed by atoms with Crippen molar-refractivity contribution in [3.63, 3.8) is 0 Å². The molecule has 0 aliphatic heterocycles. The van der Waals surface area contributed by atoms with E-state index in [9.17, 15) is 23.3 Å². The van der Waals surface area contributed by atoms with E-state index in [0.717, 1.165) is 10.4 Å². The predicted octanol–water partition coefficient (Wildman–Crippen LogP) is 5.19. The minimum absolute atomic E-state index is 0.00550. The number of nitro benzene ring substituents is 1. The number of benzene rings is 3. The molecule has 10 nitrogen and oxygen atoms in total. The highest BCUT2D eigenvalue weighted by atomic mass is 35.5.